The van der Waals surface area contributed by atoms with Crippen LogP contribution in [0, 0.1) is 0 Å². The Morgan fingerprint density at radius 2 is 2.19 bits per heavy atom. The molecule has 82 valence electrons. The summed E-state index contributed by atoms with van der Waals surface area (Å²) in [5, 5.41) is 0.932. The number of nitrogens with zero attached hydrogens (tertiary/aromatic N) is 3. The van der Waals surface area contributed by atoms with Crippen LogP contribution in [0.2, 0.25) is 0 Å². The van der Waals surface area contributed by atoms with E-state index in [1.807, 2.05) is 18.2 Å². The summed E-state index contributed by atoms with van der Waals surface area (Å²) >= 11 is 1.62. The summed E-state index contributed by atoms with van der Waals surface area (Å²) in [6.45, 7) is 0. The fourth-order valence-electron chi connectivity index (χ4n) is 1.20. The summed E-state index contributed by atoms with van der Waals surface area (Å²) < 4.78 is 0. The van der Waals surface area contributed by atoms with Gasteiger partial charge in [-0.15, -0.1) is 11.8 Å². The molecule has 0 unspecified atom stereocenters. The van der Waals surface area contributed by atoms with Crippen molar-refractivity contribution in [3.63, 3.8) is 0 Å². The molecule has 0 aromatic carbocycles. The van der Waals surface area contributed by atoms with Crippen LogP contribution in [0.25, 0.3) is 0 Å². The van der Waals surface area contributed by atoms with Gasteiger partial charge in [0.25, 0.3) is 0 Å². The zero-order chi connectivity index (χ0) is 11.2. The summed E-state index contributed by atoms with van der Waals surface area (Å²) in [5.74, 6) is 6.84. The van der Waals surface area contributed by atoms with Crippen LogP contribution in [0.4, 0.5) is 5.82 Å². The molecule has 2 aromatic rings. The molecule has 0 spiro atoms. The maximum atomic E-state index is 5.37. The van der Waals surface area contributed by atoms with Gasteiger partial charge in [-0.2, -0.15) is 0 Å². The van der Waals surface area contributed by atoms with Crippen molar-refractivity contribution in [3.8, 4) is 0 Å². The molecule has 0 radical (unpaired) electrons. The second-order valence-corrected chi connectivity index (χ2v) is 3.99. The molecular weight excluding hydrogens is 222 g/mol. The first kappa shape index (κ1) is 10.8. The Hall–Kier alpha value is -1.66. The Bertz CT molecular complexity index is 448. The van der Waals surface area contributed by atoms with Crippen molar-refractivity contribution in [2.24, 2.45) is 5.84 Å². The summed E-state index contributed by atoms with van der Waals surface area (Å²) in [5.41, 5.74) is 3.62. The molecule has 0 aliphatic rings. The molecule has 0 saturated carbocycles. The van der Waals surface area contributed by atoms with E-state index in [1.165, 1.54) is 6.33 Å². The van der Waals surface area contributed by atoms with Crippen molar-refractivity contribution in [2.45, 2.75) is 10.8 Å². The Kier molecular flexibility index (Phi) is 3.68. The van der Waals surface area contributed by atoms with E-state index in [0.29, 0.717) is 5.82 Å². The first-order chi connectivity index (χ1) is 7.90. The van der Waals surface area contributed by atoms with Crippen molar-refractivity contribution in [3.05, 3.63) is 42.5 Å². The number of nitrogens with two attached hydrogens (primary N) is 1. The third-order valence-corrected chi connectivity index (χ3v) is 2.95. The lowest BCUT2D eigenvalue weighted by Gasteiger charge is -2.06. The number of pyridine rings is 1. The second-order valence-electron chi connectivity index (χ2n) is 2.99. The van der Waals surface area contributed by atoms with Crippen LogP contribution in [-0.2, 0) is 5.75 Å². The van der Waals surface area contributed by atoms with Crippen molar-refractivity contribution >= 4 is 17.6 Å². The van der Waals surface area contributed by atoms with Crippen molar-refractivity contribution in [2.75, 3.05) is 5.43 Å². The monoisotopic (exact) mass is 233 g/mol. The van der Waals surface area contributed by atoms with Crippen LogP contribution in [0.15, 0.2) is 41.9 Å². The number of nitrogens with one attached hydrogen (secondary N) is 1. The molecule has 3 N–H and O–H groups in total. The Labute approximate surface area is 97.5 Å². The largest absolute Gasteiger partial charge is 0.308 e. The van der Waals surface area contributed by atoms with Gasteiger partial charge in [-0.3, -0.25) is 0 Å². The van der Waals surface area contributed by atoms with Crippen molar-refractivity contribution in [1.29, 1.82) is 0 Å². The first-order valence-electron chi connectivity index (χ1n) is 4.69. The van der Waals surface area contributed by atoms with Crippen LogP contribution < -0.4 is 11.3 Å². The van der Waals surface area contributed by atoms with Crippen LogP contribution >= 0.6 is 11.8 Å². The van der Waals surface area contributed by atoms with Crippen LogP contribution in [-0.4, -0.2) is 15.0 Å². The zero-order valence-electron chi connectivity index (χ0n) is 8.50. The van der Waals surface area contributed by atoms with E-state index in [9.17, 15) is 0 Å². The minimum absolute atomic E-state index is 0.698. The fourth-order valence-corrected chi connectivity index (χ4v) is 2.02. The third-order valence-electron chi connectivity index (χ3n) is 1.96. The van der Waals surface area contributed by atoms with E-state index < -0.39 is 0 Å². The molecule has 6 heteroatoms. The second kappa shape index (κ2) is 5.43. The van der Waals surface area contributed by atoms with Gasteiger partial charge in [0, 0.05) is 23.7 Å². The minimum Gasteiger partial charge on any atom is -0.308 e. The highest BCUT2D eigenvalue weighted by Gasteiger charge is 2.02. The SMILES string of the molecule is NNc1ncccc1CSc1ccncn1. The lowest BCUT2D eigenvalue weighted by Crippen LogP contribution is -2.10. The zero-order valence-corrected chi connectivity index (χ0v) is 9.31. The predicted octanol–water partition coefficient (Wildman–Crippen LogP) is 1.45. The number of thioether (sulfide) groups is 1. The highest BCUT2D eigenvalue weighted by Crippen LogP contribution is 2.22. The molecule has 0 aliphatic heterocycles. The van der Waals surface area contributed by atoms with E-state index in [-0.39, 0.29) is 0 Å². The molecular formula is C10H11N5S. The molecule has 16 heavy (non-hydrogen) atoms. The molecule has 0 saturated heterocycles. The average molecular weight is 233 g/mol. The minimum atomic E-state index is 0.698. The summed E-state index contributed by atoms with van der Waals surface area (Å²) in [4.78, 5) is 12.1. The lowest BCUT2D eigenvalue weighted by atomic mass is 10.3. The maximum absolute atomic E-state index is 5.37. The number of hydrogen-bond acceptors (Lipinski definition) is 6. The number of rotatable bonds is 4. The van der Waals surface area contributed by atoms with E-state index >= 15 is 0 Å². The van der Waals surface area contributed by atoms with Gasteiger partial charge in [-0.05, 0) is 12.1 Å². The third kappa shape index (κ3) is 2.68. The number of anilines is 1. The quantitative estimate of drug-likeness (QED) is 0.360. The highest BCUT2D eigenvalue weighted by atomic mass is 32.2. The molecule has 0 aliphatic carbocycles. The Morgan fingerprint density at radius 3 is 2.94 bits per heavy atom. The van der Waals surface area contributed by atoms with Gasteiger partial charge in [0.1, 0.15) is 12.1 Å². The summed E-state index contributed by atoms with van der Waals surface area (Å²) in [6, 6.07) is 5.74. The molecule has 2 heterocycles. The van der Waals surface area contributed by atoms with Gasteiger partial charge in [0.15, 0.2) is 0 Å². The number of nitrogen functional groups attached to an aromatic ring is 1. The van der Waals surface area contributed by atoms with Crippen molar-refractivity contribution in [1.82, 2.24) is 15.0 Å². The molecule has 5 nitrogen and oxygen atoms in total. The van der Waals surface area contributed by atoms with Crippen LogP contribution in [0.5, 0.6) is 0 Å². The molecule has 2 aromatic heterocycles. The van der Waals surface area contributed by atoms with E-state index in [1.54, 1.807) is 24.2 Å². The normalized spacial score (nSPS) is 10.1. The highest BCUT2D eigenvalue weighted by molar-refractivity contribution is 7.98. The van der Waals surface area contributed by atoms with Crippen LogP contribution in [0.1, 0.15) is 5.56 Å². The number of hydrogen-bond donors (Lipinski definition) is 2. The van der Waals surface area contributed by atoms with Crippen molar-refractivity contribution < 1.29 is 0 Å². The van der Waals surface area contributed by atoms with Gasteiger partial charge >= 0.3 is 0 Å². The first-order valence-corrected chi connectivity index (χ1v) is 5.68. The van der Waals surface area contributed by atoms with E-state index in [0.717, 1.165) is 16.3 Å². The summed E-state index contributed by atoms with van der Waals surface area (Å²) in [7, 11) is 0. The van der Waals surface area contributed by atoms with E-state index in [4.69, 9.17) is 5.84 Å². The lowest BCUT2D eigenvalue weighted by molar-refractivity contribution is 1.05. The summed E-state index contributed by atoms with van der Waals surface area (Å²) in [6.07, 6.45) is 4.96. The number of aromatic nitrogens is 3. The Balaban J connectivity index is 2.05. The Morgan fingerprint density at radius 1 is 1.25 bits per heavy atom. The van der Waals surface area contributed by atoms with Gasteiger partial charge in [-0.25, -0.2) is 20.8 Å². The standard InChI is InChI=1S/C10H11N5S/c11-15-10-8(2-1-4-13-10)6-16-9-3-5-12-7-14-9/h1-5,7H,6,11H2,(H,13,15). The maximum Gasteiger partial charge on any atom is 0.143 e. The van der Waals surface area contributed by atoms with Gasteiger partial charge in [-0.1, -0.05) is 6.07 Å². The smallest absolute Gasteiger partial charge is 0.143 e. The van der Waals surface area contributed by atoms with Crippen LogP contribution in [0.3, 0.4) is 0 Å². The molecule has 0 atom stereocenters. The molecule has 2 rings (SSSR count). The van der Waals surface area contributed by atoms with E-state index in [2.05, 4.69) is 20.4 Å². The molecule has 0 fully saturated rings. The topological polar surface area (TPSA) is 76.7 Å². The van der Waals surface area contributed by atoms with Gasteiger partial charge in [0.2, 0.25) is 0 Å². The predicted molar refractivity (Wildman–Crippen MR) is 63.6 cm³/mol. The molecule has 0 bridgehead atoms. The van der Waals surface area contributed by atoms with Gasteiger partial charge < -0.3 is 5.43 Å². The average Bonchev–Trinajstić information content (AvgIpc) is 2.38. The fraction of sp³-hybridized carbons (Fsp3) is 0.100. The van der Waals surface area contributed by atoms with Gasteiger partial charge in [0.05, 0.1) is 5.03 Å². The number of hydrazine groups is 1. The molecule has 0 amide bonds.